The number of hydrogen-bond acceptors (Lipinski definition) is 3. The summed E-state index contributed by atoms with van der Waals surface area (Å²) < 4.78 is 0. The predicted octanol–water partition coefficient (Wildman–Crippen LogP) is 2.30. The van der Waals surface area contributed by atoms with E-state index in [2.05, 4.69) is 47.4 Å². The summed E-state index contributed by atoms with van der Waals surface area (Å²) in [6, 6.07) is 14.9. The minimum atomic E-state index is -0.482. The van der Waals surface area contributed by atoms with Crippen LogP contribution in [0.4, 0.5) is 0 Å². The van der Waals surface area contributed by atoms with E-state index in [4.69, 9.17) is 0 Å². The van der Waals surface area contributed by atoms with E-state index in [0.717, 1.165) is 25.9 Å². The number of nitrogens with zero attached hydrogens (tertiary/aromatic N) is 2. The standard InChI is InChI=1S/C20H26N2O2/c1-21(14-18(23)15-22-12-5-10-20(22)24)13-11-17-8-4-7-16-6-2-3-9-19(16)17/h2-4,6-9,18,23H,5,10-15H2,1H3. The first-order chi connectivity index (χ1) is 11.6. The average Bonchev–Trinajstić information content (AvgIpc) is 2.97. The van der Waals surface area contributed by atoms with Crippen LogP contribution >= 0.6 is 0 Å². The Morgan fingerprint density at radius 1 is 1.21 bits per heavy atom. The number of hydrogen-bond donors (Lipinski definition) is 1. The Labute approximate surface area is 143 Å². The Morgan fingerprint density at radius 2 is 2.00 bits per heavy atom. The molecule has 1 aliphatic heterocycles. The molecule has 0 aliphatic carbocycles. The molecule has 0 radical (unpaired) electrons. The van der Waals surface area contributed by atoms with E-state index in [1.165, 1.54) is 16.3 Å². The van der Waals surface area contributed by atoms with Gasteiger partial charge >= 0.3 is 0 Å². The van der Waals surface area contributed by atoms with Gasteiger partial charge in [0, 0.05) is 32.6 Å². The van der Waals surface area contributed by atoms with Crippen molar-refractivity contribution in [1.82, 2.24) is 9.80 Å². The summed E-state index contributed by atoms with van der Waals surface area (Å²) in [5.74, 6) is 0.174. The van der Waals surface area contributed by atoms with Gasteiger partial charge in [0.25, 0.3) is 0 Å². The first-order valence-electron chi connectivity index (χ1n) is 8.74. The van der Waals surface area contributed by atoms with Crippen LogP contribution in [0.3, 0.4) is 0 Å². The van der Waals surface area contributed by atoms with Crippen molar-refractivity contribution in [3.63, 3.8) is 0 Å². The predicted molar refractivity (Wildman–Crippen MR) is 97.0 cm³/mol. The second kappa shape index (κ2) is 7.77. The summed E-state index contributed by atoms with van der Waals surface area (Å²) in [5.41, 5.74) is 1.34. The molecule has 2 aromatic rings. The van der Waals surface area contributed by atoms with E-state index in [-0.39, 0.29) is 5.91 Å². The van der Waals surface area contributed by atoms with Crippen molar-refractivity contribution in [3.8, 4) is 0 Å². The molecule has 3 rings (SSSR count). The lowest BCUT2D eigenvalue weighted by Gasteiger charge is -2.24. The second-order valence-electron chi connectivity index (χ2n) is 6.75. The van der Waals surface area contributed by atoms with Gasteiger partial charge in [-0.2, -0.15) is 0 Å². The van der Waals surface area contributed by atoms with Gasteiger partial charge in [-0.1, -0.05) is 42.5 Å². The number of fused-ring (bicyclic) bond motifs is 1. The fourth-order valence-corrected chi connectivity index (χ4v) is 3.48. The van der Waals surface area contributed by atoms with Crippen molar-refractivity contribution in [2.45, 2.75) is 25.4 Å². The molecule has 0 spiro atoms. The number of carbonyl (C=O) groups excluding carboxylic acids is 1. The van der Waals surface area contributed by atoms with Crippen LogP contribution in [0, 0.1) is 0 Å². The van der Waals surface area contributed by atoms with E-state index in [1.54, 1.807) is 4.90 Å². The first-order valence-corrected chi connectivity index (χ1v) is 8.74. The molecule has 1 atom stereocenters. The molecule has 4 heteroatoms. The number of benzene rings is 2. The fourth-order valence-electron chi connectivity index (χ4n) is 3.48. The Morgan fingerprint density at radius 3 is 2.79 bits per heavy atom. The summed E-state index contributed by atoms with van der Waals surface area (Å²) in [5, 5.41) is 12.8. The highest BCUT2D eigenvalue weighted by atomic mass is 16.3. The second-order valence-corrected chi connectivity index (χ2v) is 6.75. The Bertz CT molecular complexity index is 696. The maximum absolute atomic E-state index is 11.6. The zero-order valence-corrected chi connectivity index (χ0v) is 14.3. The van der Waals surface area contributed by atoms with Crippen molar-refractivity contribution < 1.29 is 9.90 Å². The highest BCUT2D eigenvalue weighted by Gasteiger charge is 2.22. The summed E-state index contributed by atoms with van der Waals surface area (Å²) in [6.07, 6.45) is 2.02. The molecule has 2 aromatic carbocycles. The van der Waals surface area contributed by atoms with Crippen molar-refractivity contribution in [3.05, 3.63) is 48.0 Å². The molecule has 0 aromatic heterocycles. The number of aliphatic hydroxyl groups is 1. The lowest BCUT2D eigenvalue weighted by atomic mass is 10.0. The van der Waals surface area contributed by atoms with E-state index in [1.807, 2.05) is 7.05 Å². The molecular formula is C20H26N2O2. The minimum Gasteiger partial charge on any atom is -0.390 e. The number of carbonyl (C=O) groups is 1. The Kier molecular flexibility index (Phi) is 5.48. The topological polar surface area (TPSA) is 43.8 Å². The van der Waals surface area contributed by atoms with Gasteiger partial charge in [0.05, 0.1) is 6.10 Å². The van der Waals surface area contributed by atoms with Gasteiger partial charge < -0.3 is 14.9 Å². The van der Waals surface area contributed by atoms with Crippen LogP contribution in [-0.4, -0.2) is 60.1 Å². The number of aliphatic hydroxyl groups excluding tert-OH is 1. The van der Waals surface area contributed by atoms with Crippen LogP contribution < -0.4 is 0 Å². The van der Waals surface area contributed by atoms with Gasteiger partial charge in [-0.05, 0) is 36.2 Å². The van der Waals surface area contributed by atoms with Crippen molar-refractivity contribution in [2.24, 2.45) is 0 Å². The maximum Gasteiger partial charge on any atom is 0.222 e. The average molecular weight is 326 g/mol. The molecule has 1 unspecified atom stereocenters. The van der Waals surface area contributed by atoms with Gasteiger partial charge in [-0.3, -0.25) is 4.79 Å². The van der Waals surface area contributed by atoms with Gasteiger partial charge in [-0.25, -0.2) is 0 Å². The van der Waals surface area contributed by atoms with Crippen molar-refractivity contribution >= 4 is 16.7 Å². The molecule has 1 N–H and O–H groups in total. The molecule has 0 bridgehead atoms. The van der Waals surface area contributed by atoms with E-state index in [0.29, 0.717) is 19.5 Å². The van der Waals surface area contributed by atoms with E-state index in [9.17, 15) is 9.90 Å². The largest absolute Gasteiger partial charge is 0.390 e. The van der Waals surface area contributed by atoms with Crippen LogP contribution in [0.15, 0.2) is 42.5 Å². The van der Waals surface area contributed by atoms with Crippen LogP contribution in [0.5, 0.6) is 0 Å². The summed E-state index contributed by atoms with van der Waals surface area (Å²) in [7, 11) is 2.03. The third kappa shape index (κ3) is 4.13. The quantitative estimate of drug-likeness (QED) is 0.849. The van der Waals surface area contributed by atoms with E-state index >= 15 is 0 Å². The molecule has 1 saturated heterocycles. The van der Waals surface area contributed by atoms with Crippen LogP contribution in [0.2, 0.25) is 0 Å². The van der Waals surface area contributed by atoms with Gasteiger partial charge in [0.1, 0.15) is 0 Å². The van der Waals surface area contributed by atoms with E-state index < -0.39 is 6.10 Å². The third-order valence-electron chi connectivity index (χ3n) is 4.77. The smallest absolute Gasteiger partial charge is 0.222 e. The molecular weight excluding hydrogens is 300 g/mol. The van der Waals surface area contributed by atoms with Crippen molar-refractivity contribution in [2.75, 3.05) is 33.2 Å². The third-order valence-corrected chi connectivity index (χ3v) is 4.77. The normalized spacial score (nSPS) is 16.3. The minimum absolute atomic E-state index is 0.174. The number of likely N-dealkylation sites (N-methyl/N-ethyl adjacent to an activating group) is 1. The van der Waals surface area contributed by atoms with Crippen LogP contribution in [0.1, 0.15) is 18.4 Å². The van der Waals surface area contributed by atoms with Crippen LogP contribution in [-0.2, 0) is 11.2 Å². The van der Waals surface area contributed by atoms with Crippen LogP contribution in [0.25, 0.3) is 10.8 Å². The lowest BCUT2D eigenvalue weighted by Crippen LogP contribution is -2.40. The SMILES string of the molecule is CN(CCc1cccc2ccccc12)CC(O)CN1CCCC1=O. The number of likely N-dealkylation sites (tertiary alicyclic amines) is 1. The molecule has 1 heterocycles. The van der Waals surface area contributed by atoms with Gasteiger partial charge in [0.15, 0.2) is 0 Å². The zero-order valence-electron chi connectivity index (χ0n) is 14.3. The monoisotopic (exact) mass is 326 g/mol. The molecule has 24 heavy (non-hydrogen) atoms. The van der Waals surface area contributed by atoms with Crippen molar-refractivity contribution in [1.29, 1.82) is 0 Å². The van der Waals surface area contributed by atoms with Gasteiger partial charge in [0.2, 0.25) is 5.91 Å². The lowest BCUT2D eigenvalue weighted by molar-refractivity contribution is -0.129. The Hall–Kier alpha value is -1.91. The summed E-state index contributed by atoms with van der Waals surface area (Å²) >= 11 is 0. The molecule has 4 nitrogen and oxygen atoms in total. The number of rotatable bonds is 7. The first kappa shape index (κ1) is 16.9. The maximum atomic E-state index is 11.6. The summed E-state index contributed by atoms with van der Waals surface area (Å²) in [6.45, 7) is 2.72. The highest BCUT2D eigenvalue weighted by molar-refractivity contribution is 5.85. The molecule has 1 aliphatic rings. The highest BCUT2D eigenvalue weighted by Crippen LogP contribution is 2.19. The fraction of sp³-hybridized carbons (Fsp3) is 0.450. The number of amides is 1. The number of β-amino-alcohol motifs (C(OH)–C–C–N with tert-alkyl or cyclic N) is 1. The summed E-state index contributed by atoms with van der Waals surface area (Å²) in [4.78, 5) is 15.6. The molecule has 128 valence electrons. The zero-order chi connectivity index (χ0) is 16.9. The molecule has 1 amide bonds. The Balaban J connectivity index is 1.51. The molecule has 0 saturated carbocycles. The molecule has 1 fully saturated rings. The van der Waals surface area contributed by atoms with Gasteiger partial charge in [-0.15, -0.1) is 0 Å².